The summed E-state index contributed by atoms with van der Waals surface area (Å²) < 4.78 is 15.2. The van der Waals surface area contributed by atoms with Crippen LogP contribution in [0.4, 0.5) is 9.52 Å². The Morgan fingerprint density at radius 2 is 1.89 bits per heavy atom. The molecular weight excluding hydrogens is 495 g/mol. The van der Waals surface area contributed by atoms with Crippen molar-refractivity contribution in [3.63, 3.8) is 0 Å². The van der Waals surface area contributed by atoms with Crippen LogP contribution in [0, 0.1) is 11.7 Å². The van der Waals surface area contributed by atoms with Crippen molar-refractivity contribution < 1.29 is 14.0 Å². The Labute approximate surface area is 218 Å². The van der Waals surface area contributed by atoms with Gasteiger partial charge >= 0.3 is 0 Å². The average Bonchev–Trinajstić information content (AvgIpc) is 3.37. The van der Waals surface area contributed by atoms with E-state index in [-0.39, 0.29) is 11.3 Å². The van der Waals surface area contributed by atoms with Gasteiger partial charge in [0, 0.05) is 26.2 Å². The fraction of sp³-hybridized carbons (Fsp3) is 0.500. The molecular formula is C26H31FN6O3S. The SMILES string of the molecule is CN1CCN(C(=O)c2cnc(NC(=O)C(CC3CCCCC3)n3cnc4ccc(F)cc4c3=O)s2)CC1. The van der Waals surface area contributed by atoms with Crippen LogP contribution < -0.4 is 10.9 Å². The Kier molecular flexibility index (Phi) is 7.61. The Morgan fingerprint density at radius 1 is 1.14 bits per heavy atom. The van der Waals surface area contributed by atoms with Crippen molar-refractivity contribution in [1.29, 1.82) is 0 Å². The first-order valence-electron chi connectivity index (χ1n) is 12.8. The first-order chi connectivity index (χ1) is 17.9. The van der Waals surface area contributed by atoms with Crippen molar-refractivity contribution in [3.05, 3.63) is 51.8 Å². The number of halogens is 1. The van der Waals surface area contributed by atoms with Gasteiger partial charge in [0.1, 0.15) is 16.7 Å². The summed E-state index contributed by atoms with van der Waals surface area (Å²) in [4.78, 5) is 52.8. The largest absolute Gasteiger partial charge is 0.335 e. The molecule has 1 aromatic carbocycles. The van der Waals surface area contributed by atoms with Crippen LogP contribution in [0.1, 0.15) is 54.2 Å². The van der Waals surface area contributed by atoms with Gasteiger partial charge in [0.05, 0.1) is 23.4 Å². The maximum absolute atomic E-state index is 13.9. The van der Waals surface area contributed by atoms with E-state index in [4.69, 9.17) is 0 Å². The lowest BCUT2D eigenvalue weighted by atomic mass is 9.84. The number of hydrogen-bond acceptors (Lipinski definition) is 7. The molecule has 5 rings (SSSR count). The lowest BCUT2D eigenvalue weighted by molar-refractivity contribution is -0.120. The van der Waals surface area contributed by atoms with E-state index in [2.05, 4.69) is 20.2 Å². The molecule has 11 heteroatoms. The fourth-order valence-electron chi connectivity index (χ4n) is 5.20. The zero-order chi connectivity index (χ0) is 25.9. The summed E-state index contributed by atoms with van der Waals surface area (Å²) in [6.07, 6.45) is 8.70. The molecule has 1 aliphatic carbocycles. The van der Waals surface area contributed by atoms with Gasteiger partial charge in [0.25, 0.3) is 11.5 Å². The van der Waals surface area contributed by atoms with Crippen molar-refractivity contribution in [3.8, 4) is 0 Å². The molecule has 1 saturated heterocycles. The first-order valence-corrected chi connectivity index (χ1v) is 13.6. The highest BCUT2D eigenvalue weighted by molar-refractivity contribution is 7.17. The minimum Gasteiger partial charge on any atom is -0.335 e. The van der Waals surface area contributed by atoms with Gasteiger partial charge in [0.15, 0.2) is 5.13 Å². The van der Waals surface area contributed by atoms with E-state index in [0.29, 0.717) is 41.0 Å². The molecule has 3 heterocycles. The number of carbonyl (C=O) groups is 2. The molecule has 2 fully saturated rings. The number of nitrogens with zero attached hydrogens (tertiary/aromatic N) is 5. The molecule has 37 heavy (non-hydrogen) atoms. The molecule has 196 valence electrons. The van der Waals surface area contributed by atoms with Crippen LogP contribution in [-0.4, -0.2) is 69.4 Å². The van der Waals surface area contributed by atoms with E-state index < -0.39 is 23.3 Å². The maximum Gasteiger partial charge on any atom is 0.265 e. The molecule has 9 nitrogen and oxygen atoms in total. The molecule has 0 radical (unpaired) electrons. The van der Waals surface area contributed by atoms with Crippen LogP contribution in [0.3, 0.4) is 0 Å². The standard InChI is InChI=1S/C26H31FN6O3S/c1-31-9-11-32(12-10-31)25(36)22-15-28-26(37-22)30-23(34)21(13-17-5-3-2-4-6-17)33-16-29-20-8-7-18(27)14-19(20)24(33)35/h7-8,14-17,21H,2-6,9-13H2,1H3,(H,28,30,34). The number of piperazine rings is 1. The summed E-state index contributed by atoms with van der Waals surface area (Å²) in [5, 5.41) is 3.28. The quantitative estimate of drug-likeness (QED) is 0.528. The summed E-state index contributed by atoms with van der Waals surface area (Å²) in [6, 6.07) is 3.06. The van der Waals surface area contributed by atoms with E-state index in [9.17, 15) is 18.8 Å². The second-order valence-electron chi connectivity index (χ2n) is 9.99. The van der Waals surface area contributed by atoms with Gasteiger partial charge in [-0.2, -0.15) is 0 Å². The van der Waals surface area contributed by atoms with Crippen LogP contribution in [0.25, 0.3) is 10.9 Å². The van der Waals surface area contributed by atoms with E-state index in [1.54, 1.807) is 4.90 Å². The highest BCUT2D eigenvalue weighted by Gasteiger charge is 2.29. The van der Waals surface area contributed by atoms with Crippen LogP contribution in [-0.2, 0) is 4.79 Å². The summed E-state index contributed by atoms with van der Waals surface area (Å²) in [5.41, 5.74) is -0.0722. The normalized spacial score (nSPS) is 18.2. The predicted molar refractivity (Wildman–Crippen MR) is 140 cm³/mol. The number of aromatic nitrogens is 3. The number of nitrogens with one attached hydrogen (secondary N) is 1. The number of benzene rings is 1. The van der Waals surface area contributed by atoms with Gasteiger partial charge in [-0.15, -0.1) is 0 Å². The number of hydrogen-bond donors (Lipinski definition) is 1. The third-order valence-corrected chi connectivity index (χ3v) is 8.30. The Hall–Kier alpha value is -3.18. The third-order valence-electron chi connectivity index (χ3n) is 7.40. The lowest BCUT2D eigenvalue weighted by Crippen LogP contribution is -2.46. The second-order valence-corrected chi connectivity index (χ2v) is 11.0. The number of thiazole rings is 1. The van der Waals surface area contributed by atoms with Gasteiger partial charge < -0.3 is 15.1 Å². The molecule has 0 bridgehead atoms. The molecule has 1 N–H and O–H groups in total. The predicted octanol–water partition coefficient (Wildman–Crippen LogP) is 3.53. The molecule has 2 amide bonds. The Morgan fingerprint density at radius 3 is 2.65 bits per heavy atom. The highest BCUT2D eigenvalue weighted by atomic mass is 32.1. The van der Waals surface area contributed by atoms with Crippen molar-refractivity contribution in [2.75, 3.05) is 38.5 Å². The Bertz CT molecular complexity index is 1340. The summed E-state index contributed by atoms with van der Waals surface area (Å²) in [7, 11) is 2.03. The average molecular weight is 527 g/mol. The minimum absolute atomic E-state index is 0.0955. The summed E-state index contributed by atoms with van der Waals surface area (Å²) in [6.45, 7) is 2.93. The van der Waals surface area contributed by atoms with E-state index in [1.165, 1.54) is 35.6 Å². The van der Waals surface area contributed by atoms with Crippen LogP contribution in [0.2, 0.25) is 0 Å². The fourth-order valence-corrected chi connectivity index (χ4v) is 5.99. The maximum atomic E-state index is 13.9. The van der Waals surface area contributed by atoms with Crippen molar-refractivity contribution in [1.82, 2.24) is 24.3 Å². The number of rotatable bonds is 6. The van der Waals surface area contributed by atoms with Crippen LogP contribution in [0.15, 0.2) is 35.5 Å². The van der Waals surface area contributed by atoms with Gasteiger partial charge in [-0.05, 0) is 37.6 Å². The van der Waals surface area contributed by atoms with E-state index in [0.717, 1.165) is 56.2 Å². The van der Waals surface area contributed by atoms with Crippen molar-refractivity contribution >= 4 is 39.2 Å². The van der Waals surface area contributed by atoms with E-state index in [1.807, 2.05) is 7.05 Å². The lowest BCUT2D eigenvalue weighted by Gasteiger charge is -2.31. The van der Waals surface area contributed by atoms with Crippen LogP contribution >= 0.6 is 11.3 Å². The van der Waals surface area contributed by atoms with E-state index >= 15 is 0 Å². The number of amides is 2. The first kappa shape index (κ1) is 25.5. The smallest absolute Gasteiger partial charge is 0.265 e. The van der Waals surface area contributed by atoms with Gasteiger partial charge in [-0.1, -0.05) is 43.4 Å². The third kappa shape index (κ3) is 5.72. The topological polar surface area (TPSA) is 100 Å². The molecule has 1 saturated carbocycles. The molecule has 1 unspecified atom stereocenters. The number of carbonyl (C=O) groups excluding carboxylic acids is 2. The summed E-state index contributed by atoms with van der Waals surface area (Å²) in [5.74, 6) is -0.719. The minimum atomic E-state index is -0.823. The number of anilines is 1. The highest BCUT2D eigenvalue weighted by Crippen LogP contribution is 2.31. The molecule has 3 aromatic rings. The zero-order valence-electron chi connectivity index (χ0n) is 20.9. The van der Waals surface area contributed by atoms with Gasteiger partial charge in [-0.3, -0.25) is 19.0 Å². The zero-order valence-corrected chi connectivity index (χ0v) is 21.7. The molecule has 1 aliphatic heterocycles. The van der Waals surface area contributed by atoms with Crippen molar-refractivity contribution in [2.24, 2.45) is 5.92 Å². The monoisotopic (exact) mass is 526 g/mol. The second kappa shape index (κ2) is 11.1. The van der Waals surface area contributed by atoms with Crippen molar-refractivity contribution in [2.45, 2.75) is 44.6 Å². The Balaban J connectivity index is 1.38. The number of fused-ring (bicyclic) bond motifs is 1. The van der Waals surface area contributed by atoms with Crippen LogP contribution in [0.5, 0.6) is 0 Å². The molecule has 2 aliphatic rings. The molecule has 2 aromatic heterocycles. The van der Waals surface area contributed by atoms with Gasteiger partial charge in [-0.25, -0.2) is 14.4 Å². The molecule has 1 atom stereocenters. The number of likely N-dealkylation sites (N-methyl/N-ethyl adjacent to an activating group) is 1. The summed E-state index contributed by atoms with van der Waals surface area (Å²) >= 11 is 1.13. The molecule has 0 spiro atoms. The van der Waals surface area contributed by atoms with Gasteiger partial charge in [0.2, 0.25) is 5.91 Å².